The van der Waals surface area contributed by atoms with E-state index in [-0.39, 0.29) is 42.8 Å². The molecule has 0 bridgehead atoms. The Hall–Kier alpha value is -3.53. The Labute approximate surface area is 193 Å². The molecule has 0 radical (unpaired) electrons. The summed E-state index contributed by atoms with van der Waals surface area (Å²) in [5.41, 5.74) is 2.63. The molecule has 0 spiro atoms. The standard InChI is InChI=1S/C23H20N2O7S/c1-12-21(27)16-8-18-17(31-11-32-18)6-14(16)7-19(33-12)22(28)24-15-4-2-13(3-5-15)9-25-20(26)10-30-23(25)29/h2-6,8,12,19H,7,9-11H2,1H3,(H,24,28)/t12-,19+/m0/s1. The topological polar surface area (TPSA) is 111 Å². The number of nitrogens with zero attached hydrogens (tertiary/aromatic N) is 1. The number of ketones is 1. The maximum absolute atomic E-state index is 13.1. The van der Waals surface area contributed by atoms with E-state index in [1.165, 1.54) is 11.8 Å². The number of carbonyl (C=O) groups is 4. The lowest BCUT2D eigenvalue weighted by molar-refractivity contribution is -0.126. The van der Waals surface area contributed by atoms with Crippen LogP contribution in [0.1, 0.15) is 28.4 Å². The fourth-order valence-corrected chi connectivity index (χ4v) is 5.15. The molecule has 9 nitrogen and oxygen atoms in total. The first kappa shape index (κ1) is 21.3. The molecule has 1 N–H and O–H groups in total. The number of nitrogens with one attached hydrogen (secondary N) is 1. The lowest BCUT2D eigenvalue weighted by Gasteiger charge is -2.17. The molecule has 10 heteroatoms. The molecule has 5 rings (SSSR count). The maximum atomic E-state index is 13.1. The summed E-state index contributed by atoms with van der Waals surface area (Å²) in [5.74, 6) is 0.496. The third kappa shape index (κ3) is 4.13. The predicted molar refractivity (Wildman–Crippen MR) is 118 cm³/mol. The van der Waals surface area contributed by atoms with Crippen LogP contribution < -0.4 is 14.8 Å². The quantitative estimate of drug-likeness (QED) is 0.729. The summed E-state index contributed by atoms with van der Waals surface area (Å²) < 4.78 is 15.5. The molecule has 2 aromatic rings. The highest BCUT2D eigenvalue weighted by Gasteiger charge is 2.34. The normalized spacial score (nSPS) is 21.5. The van der Waals surface area contributed by atoms with Gasteiger partial charge in [-0.05, 0) is 48.7 Å². The monoisotopic (exact) mass is 468 g/mol. The van der Waals surface area contributed by atoms with Crippen LogP contribution in [0.4, 0.5) is 10.5 Å². The number of cyclic esters (lactones) is 1. The summed E-state index contributed by atoms with van der Waals surface area (Å²) in [6.07, 6.45) is -0.273. The predicted octanol–water partition coefficient (Wildman–Crippen LogP) is 2.76. The van der Waals surface area contributed by atoms with E-state index in [1.54, 1.807) is 43.3 Å². The van der Waals surface area contributed by atoms with E-state index < -0.39 is 11.3 Å². The smallest absolute Gasteiger partial charge is 0.417 e. The van der Waals surface area contributed by atoms with E-state index in [1.807, 2.05) is 0 Å². The number of amides is 3. The number of benzene rings is 2. The average molecular weight is 468 g/mol. The van der Waals surface area contributed by atoms with Crippen LogP contribution in [0, 0.1) is 0 Å². The van der Waals surface area contributed by atoms with Crippen LogP contribution in [0.25, 0.3) is 0 Å². The van der Waals surface area contributed by atoms with Crippen molar-refractivity contribution in [3.05, 3.63) is 53.1 Å². The minimum Gasteiger partial charge on any atom is -0.454 e. The molecule has 0 aromatic heterocycles. The molecule has 3 aliphatic rings. The van der Waals surface area contributed by atoms with Gasteiger partial charge in [0.05, 0.1) is 17.0 Å². The highest BCUT2D eigenvalue weighted by atomic mass is 32.2. The number of hydrogen-bond donors (Lipinski definition) is 1. The molecule has 0 aliphatic carbocycles. The highest BCUT2D eigenvalue weighted by molar-refractivity contribution is 8.02. The van der Waals surface area contributed by atoms with Crippen molar-refractivity contribution in [2.75, 3.05) is 18.7 Å². The number of carbonyl (C=O) groups excluding carboxylic acids is 4. The molecular formula is C23H20N2O7S. The van der Waals surface area contributed by atoms with Crippen LogP contribution in [0.3, 0.4) is 0 Å². The Morgan fingerprint density at radius 2 is 1.82 bits per heavy atom. The molecule has 3 amide bonds. The van der Waals surface area contributed by atoms with Crippen molar-refractivity contribution >= 4 is 41.1 Å². The second-order valence-corrected chi connectivity index (χ2v) is 9.47. The Balaban J connectivity index is 1.29. The van der Waals surface area contributed by atoms with Crippen LogP contribution in [0.2, 0.25) is 0 Å². The average Bonchev–Trinajstić information content (AvgIpc) is 3.36. The Morgan fingerprint density at radius 3 is 2.52 bits per heavy atom. The fraction of sp³-hybridized carbons (Fsp3) is 0.304. The van der Waals surface area contributed by atoms with Crippen molar-refractivity contribution in [1.29, 1.82) is 0 Å². The number of anilines is 1. The zero-order chi connectivity index (χ0) is 23.1. The second-order valence-electron chi connectivity index (χ2n) is 7.92. The number of ether oxygens (including phenoxy) is 3. The van der Waals surface area contributed by atoms with Gasteiger partial charge in [-0.25, -0.2) is 9.69 Å². The Kier molecular flexibility index (Phi) is 5.45. The SMILES string of the molecule is C[C@@H]1S[C@@H](C(=O)Nc2ccc(CN3C(=O)COC3=O)cc2)Cc2cc3c(cc2C1=O)OCO3. The first-order valence-electron chi connectivity index (χ1n) is 10.4. The Morgan fingerprint density at radius 1 is 1.09 bits per heavy atom. The van der Waals surface area contributed by atoms with Gasteiger partial charge in [0.2, 0.25) is 12.7 Å². The molecule has 3 aliphatic heterocycles. The van der Waals surface area contributed by atoms with Gasteiger partial charge in [0.1, 0.15) is 0 Å². The van der Waals surface area contributed by atoms with Crippen LogP contribution in [-0.2, 0) is 27.3 Å². The molecular weight excluding hydrogens is 448 g/mol. The van der Waals surface area contributed by atoms with Crippen LogP contribution in [-0.4, -0.2) is 52.5 Å². The zero-order valence-corrected chi connectivity index (χ0v) is 18.5. The van der Waals surface area contributed by atoms with Crippen LogP contribution >= 0.6 is 11.8 Å². The first-order chi connectivity index (χ1) is 15.9. The Bertz CT molecular complexity index is 1150. The summed E-state index contributed by atoms with van der Waals surface area (Å²) in [7, 11) is 0. The summed E-state index contributed by atoms with van der Waals surface area (Å²) in [6, 6.07) is 10.4. The molecule has 0 unspecified atom stereocenters. The molecule has 170 valence electrons. The number of thioether (sulfide) groups is 1. The lowest BCUT2D eigenvalue weighted by atomic mass is 9.97. The molecule has 1 fully saturated rings. The van der Waals surface area contributed by atoms with E-state index in [2.05, 4.69) is 5.32 Å². The van der Waals surface area contributed by atoms with E-state index in [0.29, 0.717) is 29.2 Å². The van der Waals surface area contributed by atoms with Crippen LogP contribution in [0.15, 0.2) is 36.4 Å². The third-order valence-electron chi connectivity index (χ3n) is 5.70. The van der Waals surface area contributed by atoms with Crippen molar-refractivity contribution in [2.24, 2.45) is 0 Å². The number of hydrogen-bond acceptors (Lipinski definition) is 8. The number of fused-ring (bicyclic) bond motifs is 2. The van der Waals surface area contributed by atoms with E-state index in [9.17, 15) is 19.2 Å². The summed E-state index contributed by atoms with van der Waals surface area (Å²) in [4.78, 5) is 50.2. The molecule has 1 saturated heterocycles. The van der Waals surface area contributed by atoms with Gasteiger partial charge in [-0.15, -0.1) is 11.8 Å². The van der Waals surface area contributed by atoms with Gasteiger partial charge in [0.15, 0.2) is 23.9 Å². The van der Waals surface area contributed by atoms with E-state index in [0.717, 1.165) is 16.0 Å². The molecule has 33 heavy (non-hydrogen) atoms. The summed E-state index contributed by atoms with van der Waals surface area (Å²) >= 11 is 1.32. The fourth-order valence-electron chi connectivity index (χ4n) is 3.94. The molecule has 0 saturated carbocycles. The summed E-state index contributed by atoms with van der Waals surface area (Å²) in [6.45, 7) is 1.78. The van der Waals surface area contributed by atoms with Gasteiger partial charge >= 0.3 is 6.09 Å². The van der Waals surface area contributed by atoms with Gasteiger partial charge in [-0.3, -0.25) is 14.4 Å². The van der Waals surface area contributed by atoms with Crippen molar-refractivity contribution in [2.45, 2.75) is 30.4 Å². The van der Waals surface area contributed by atoms with Crippen molar-refractivity contribution < 1.29 is 33.4 Å². The van der Waals surface area contributed by atoms with Gasteiger partial charge < -0.3 is 19.5 Å². The minimum atomic E-state index is -0.658. The van der Waals surface area contributed by atoms with E-state index in [4.69, 9.17) is 14.2 Å². The van der Waals surface area contributed by atoms with E-state index >= 15 is 0 Å². The van der Waals surface area contributed by atoms with Gasteiger partial charge in [0.25, 0.3) is 5.91 Å². The lowest BCUT2D eigenvalue weighted by Crippen LogP contribution is -2.29. The number of imide groups is 1. The van der Waals surface area contributed by atoms with Crippen molar-refractivity contribution in [1.82, 2.24) is 4.90 Å². The van der Waals surface area contributed by atoms with Crippen LogP contribution in [0.5, 0.6) is 11.5 Å². The number of rotatable bonds is 4. The van der Waals surface area contributed by atoms with Gasteiger partial charge in [-0.1, -0.05) is 12.1 Å². The summed E-state index contributed by atoms with van der Waals surface area (Å²) in [5, 5.41) is 2.04. The van der Waals surface area contributed by atoms with Crippen molar-refractivity contribution in [3.63, 3.8) is 0 Å². The maximum Gasteiger partial charge on any atom is 0.417 e. The first-order valence-corrected chi connectivity index (χ1v) is 11.3. The highest BCUT2D eigenvalue weighted by Crippen LogP contribution is 2.39. The third-order valence-corrected chi connectivity index (χ3v) is 7.03. The van der Waals surface area contributed by atoms with Gasteiger partial charge in [0, 0.05) is 11.3 Å². The molecule has 3 heterocycles. The zero-order valence-electron chi connectivity index (χ0n) is 17.7. The largest absolute Gasteiger partial charge is 0.454 e. The molecule has 2 aromatic carbocycles. The molecule has 2 atom stereocenters. The number of Topliss-reactive ketones (excluding diaryl/α,β-unsaturated/α-hetero) is 1. The van der Waals surface area contributed by atoms with Crippen molar-refractivity contribution in [3.8, 4) is 11.5 Å². The minimum absolute atomic E-state index is 0.0389. The van der Waals surface area contributed by atoms with Gasteiger partial charge in [-0.2, -0.15) is 0 Å². The second kappa shape index (κ2) is 8.43.